The number of alkyl halides is 3. The van der Waals surface area contributed by atoms with Crippen molar-refractivity contribution in [1.29, 1.82) is 0 Å². The number of anilines is 2. The first-order chi connectivity index (χ1) is 24.3. The molecule has 3 aliphatic rings. The molecule has 2 fully saturated rings. The van der Waals surface area contributed by atoms with E-state index in [9.17, 15) is 32.7 Å². The number of carbonyl (C=O) groups excluding carboxylic acids is 2. The van der Waals surface area contributed by atoms with Crippen LogP contribution in [0.4, 0.5) is 24.5 Å². The highest BCUT2D eigenvalue weighted by atomic mass is 35.5. The fourth-order valence-electron chi connectivity index (χ4n) is 7.04. The molecule has 3 N–H and O–H groups in total. The van der Waals surface area contributed by atoms with Crippen molar-refractivity contribution < 1.29 is 27.9 Å². The number of aromatic hydroxyl groups is 1. The summed E-state index contributed by atoms with van der Waals surface area (Å²) in [5.41, 5.74) is 0.469. The van der Waals surface area contributed by atoms with Gasteiger partial charge in [-0.1, -0.05) is 24.6 Å². The number of amides is 2. The normalized spacial score (nSPS) is 19.1. The molecule has 1 aliphatic carbocycles. The van der Waals surface area contributed by atoms with Crippen molar-refractivity contribution in [3.63, 3.8) is 0 Å². The zero-order valence-electron chi connectivity index (χ0n) is 27.7. The Kier molecular flexibility index (Phi) is 8.95. The van der Waals surface area contributed by atoms with Gasteiger partial charge in [0.2, 0.25) is 11.7 Å². The van der Waals surface area contributed by atoms with E-state index in [1.807, 2.05) is 11.8 Å². The molecule has 0 bridgehead atoms. The SMILES string of the molecule is CCc1c(N2CCN(C(=O)c3ncnc(C)c3O)CC2)c(=O)n2nc(C3=CC4CNCC4C3)nc2n1CC(=O)Nc1ccc(C(F)(F)F)cc1Cl. The molecule has 2 amide bonds. The molecule has 14 nitrogen and oxygen atoms in total. The number of carbonyl (C=O) groups is 2. The Bertz CT molecular complexity index is 2140. The van der Waals surface area contributed by atoms with Gasteiger partial charge in [-0.2, -0.15) is 22.7 Å². The minimum Gasteiger partial charge on any atom is -0.504 e. The van der Waals surface area contributed by atoms with Gasteiger partial charge in [0.25, 0.3) is 11.5 Å². The monoisotopic (exact) mass is 726 g/mol. The van der Waals surface area contributed by atoms with Crippen LogP contribution in [-0.4, -0.2) is 90.2 Å². The van der Waals surface area contributed by atoms with E-state index in [0.717, 1.165) is 43.3 Å². The summed E-state index contributed by atoms with van der Waals surface area (Å²) in [4.78, 5) is 57.1. The second-order valence-corrected chi connectivity index (χ2v) is 13.2. The predicted octanol–water partition coefficient (Wildman–Crippen LogP) is 3.15. The lowest BCUT2D eigenvalue weighted by Gasteiger charge is -2.36. The molecule has 0 radical (unpaired) electrons. The number of hydrogen-bond donors (Lipinski definition) is 3. The lowest BCUT2D eigenvalue weighted by Crippen LogP contribution is -2.51. The third-order valence-corrected chi connectivity index (χ3v) is 10.0. The fraction of sp³-hybridized carbons (Fsp3) is 0.424. The van der Waals surface area contributed by atoms with Crippen molar-refractivity contribution in [2.45, 2.75) is 39.4 Å². The molecule has 0 spiro atoms. The number of fused-ring (bicyclic) bond motifs is 2. The van der Waals surface area contributed by atoms with Gasteiger partial charge >= 0.3 is 6.18 Å². The van der Waals surface area contributed by atoms with E-state index in [-0.39, 0.29) is 72.0 Å². The van der Waals surface area contributed by atoms with Gasteiger partial charge in [-0.15, -0.1) is 5.10 Å². The molecule has 51 heavy (non-hydrogen) atoms. The molecule has 1 aromatic carbocycles. The van der Waals surface area contributed by atoms with Gasteiger partial charge in [-0.05, 0) is 61.9 Å². The molecule has 2 atom stereocenters. The van der Waals surface area contributed by atoms with Crippen LogP contribution in [0.3, 0.4) is 0 Å². The minimum absolute atomic E-state index is 0.00544. The zero-order chi connectivity index (χ0) is 36.2. The quantitative estimate of drug-likeness (QED) is 0.258. The summed E-state index contributed by atoms with van der Waals surface area (Å²) in [5, 5.41) is 20.7. The summed E-state index contributed by atoms with van der Waals surface area (Å²) < 4.78 is 42.4. The molecule has 2 unspecified atom stereocenters. The number of nitrogens with zero attached hydrogens (tertiary/aromatic N) is 8. The summed E-state index contributed by atoms with van der Waals surface area (Å²) in [5.74, 6) is -0.104. The molecular weight excluding hydrogens is 693 g/mol. The summed E-state index contributed by atoms with van der Waals surface area (Å²) >= 11 is 6.13. The van der Waals surface area contributed by atoms with Crippen LogP contribution in [0.25, 0.3) is 11.4 Å². The number of aromatic nitrogens is 6. The van der Waals surface area contributed by atoms with Gasteiger partial charge in [-0.3, -0.25) is 14.4 Å². The minimum atomic E-state index is -4.61. The lowest BCUT2D eigenvalue weighted by atomic mass is 10.00. The van der Waals surface area contributed by atoms with Crippen molar-refractivity contribution in [1.82, 2.24) is 39.3 Å². The standard InChI is InChI=1S/C33H34ClF3N10O4/c1-3-24-27(44-6-8-45(9-7-44)30(50)26-28(49)17(2)39-16-40-26)31(51)47-32(42-29(43-47)18-10-19-13-38-14-20(19)11-18)46(24)15-25(48)41-23-5-4-21(12-22(23)34)33(35,36)37/h4-5,10,12,16,19-20,38,49H,3,6-9,11,13-15H2,1-2H3,(H,41,48). The van der Waals surface area contributed by atoms with Crippen LogP contribution >= 0.6 is 11.6 Å². The van der Waals surface area contributed by atoms with E-state index in [1.54, 1.807) is 11.5 Å². The average Bonchev–Trinajstić information content (AvgIpc) is 3.83. The highest BCUT2D eigenvalue weighted by Crippen LogP contribution is 2.38. The number of rotatable bonds is 7. The van der Waals surface area contributed by atoms with Crippen LogP contribution in [0.2, 0.25) is 5.02 Å². The molecule has 3 aromatic heterocycles. The third kappa shape index (κ3) is 6.39. The van der Waals surface area contributed by atoms with Gasteiger partial charge in [-0.25, -0.2) is 9.97 Å². The molecule has 4 aromatic rings. The zero-order valence-corrected chi connectivity index (χ0v) is 28.4. The Hall–Kier alpha value is -5.03. The predicted molar refractivity (Wildman–Crippen MR) is 181 cm³/mol. The van der Waals surface area contributed by atoms with E-state index in [4.69, 9.17) is 16.6 Å². The molecule has 2 saturated heterocycles. The number of piperazine rings is 1. The van der Waals surface area contributed by atoms with E-state index in [0.29, 0.717) is 29.8 Å². The van der Waals surface area contributed by atoms with Crippen molar-refractivity contribution in [2.75, 3.05) is 49.5 Å². The Labute approximate surface area is 294 Å². The Morgan fingerprint density at radius 3 is 2.59 bits per heavy atom. The van der Waals surface area contributed by atoms with Crippen LogP contribution in [-0.2, 0) is 23.9 Å². The van der Waals surface area contributed by atoms with E-state index in [2.05, 4.69) is 31.8 Å². The molecule has 0 saturated carbocycles. The number of hydrogen-bond acceptors (Lipinski definition) is 10. The lowest BCUT2D eigenvalue weighted by molar-refractivity contribution is -0.137. The first-order valence-corrected chi connectivity index (χ1v) is 16.9. The van der Waals surface area contributed by atoms with Gasteiger partial charge in [0, 0.05) is 32.7 Å². The summed E-state index contributed by atoms with van der Waals surface area (Å²) in [6.45, 7) is 5.68. The number of halogens is 4. The Morgan fingerprint density at radius 1 is 1.14 bits per heavy atom. The van der Waals surface area contributed by atoms with Gasteiger partial charge < -0.3 is 30.1 Å². The Balaban J connectivity index is 1.23. The third-order valence-electron chi connectivity index (χ3n) is 9.70. The van der Waals surface area contributed by atoms with Crippen LogP contribution in [0.5, 0.6) is 5.75 Å². The number of aryl methyl sites for hydroxylation is 1. The van der Waals surface area contributed by atoms with E-state index >= 15 is 0 Å². The first kappa shape index (κ1) is 34.4. The largest absolute Gasteiger partial charge is 0.504 e. The maximum Gasteiger partial charge on any atom is 0.416 e. The number of nitrogens with one attached hydrogen (secondary N) is 2. The van der Waals surface area contributed by atoms with Crippen LogP contribution in [0, 0.1) is 18.8 Å². The van der Waals surface area contributed by atoms with Crippen molar-refractivity contribution in [3.05, 3.63) is 74.4 Å². The molecule has 18 heteroatoms. The molecule has 7 rings (SSSR count). The van der Waals surface area contributed by atoms with Crippen LogP contribution < -0.4 is 21.1 Å². The van der Waals surface area contributed by atoms with Gasteiger partial charge in [0.05, 0.1) is 27.7 Å². The van der Waals surface area contributed by atoms with Gasteiger partial charge in [0.1, 0.15) is 18.6 Å². The van der Waals surface area contributed by atoms with E-state index < -0.39 is 29.1 Å². The molecule has 5 heterocycles. The Morgan fingerprint density at radius 2 is 1.90 bits per heavy atom. The van der Waals surface area contributed by atoms with Gasteiger partial charge in [0.15, 0.2) is 17.3 Å². The highest BCUT2D eigenvalue weighted by Gasteiger charge is 2.35. The average molecular weight is 727 g/mol. The summed E-state index contributed by atoms with van der Waals surface area (Å²) in [7, 11) is 0. The van der Waals surface area contributed by atoms with E-state index in [1.165, 1.54) is 15.7 Å². The molecule has 268 valence electrons. The smallest absolute Gasteiger partial charge is 0.416 e. The molecular formula is C33H34ClF3N10O4. The topological polar surface area (TPSA) is 163 Å². The second kappa shape index (κ2) is 13.3. The van der Waals surface area contributed by atoms with Crippen LogP contribution in [0.15, 0.2) is 35.4 Å². The van der Waals surface area contributed by atoms with Crippen molar-refractivity contribution in [2.24, 2.45) is 11.8 Å². The maximum absolute atomic E-state index is 14.3. The fourth-order valence-corrected chi connectivity index (χ4v) is 7.27. The maximum atomic E-state index is 14.3. The number of allylic oxidation sites excluding steroid dienone is 1. The highest BCUT2D eigenvalue weighted by molar-refractivity contribution is 6.33. The summed E-state index contributed by atoms with van der Waals surface area (Å²) in [6.07, 6.45) is -0.222. The van der Waals surface area contributed by atoms with Crippen molar-refractivity contribution >= 4 is 46.1 Å². The molecule has 2 aliphatic heterocycles. The second-order valence-electron chi connectivity index (χ2n) is 12.8. The summed E-state index contributed by atoms with van der Waals surface area (Å²) in [6, 6.07) is 2.66. The number of benzene rings is 1. The first-order valence-electron chi connectivity index (χ1n) is 16.5. The van der Waals surface area contributed by atoms with Crippen LogP contribution in [0.1, 0.15) is 46.6 Å². The van der Waals surface area contributed by atoms with Crippen molar-refractivity contribution in [3.8, 4) is 5.75 Å².